The van der Waals surface area contributed by atoms with Crippen molar-refractivity contribution < 1.29 is 14.3 Å². The molecule has 0 spiro atoms. The topological polar surface area (TPSA) is 75.9 Å². The highest BCUT2D eigenvalue weighted by Crippen LogP contribution is 2.19. The number of ether oxygens (including phenoxy) is 1. The summed E-state index contributed by atoms with van der Waals surface area (Å²) >= 11 is 0. The van der Waals surface area contributed by atoms with Gasteiger partial charge in [0.15, 0.2) is 5.69 Å². The van der Waals surface area contributed by atoms with Crippen LogP contribution in [0.15, 0.2) is 48.7 Å². The van der Waals surface area contributed by atoms with Crippen molar-refractivity contribution in [3.8, 4) is 5.75 Å². The van der Waals surface area contributed by atoms with Crippen LogP contribution in [0.4, 0.5) is 0 Å². The lowest BCUT2D eigenvalue weighted by atomic mass is 10.1. The van der Waals surface area contributed by atoms with E-state index in [1.807, 2.05) is 41.3 Å². The van der Waals surface area contributed by atoms with E-state index >= 15 is 0 Å². The van der Waals surface area contributed by atoms with E-state index < -0.39 is 0 Å². The van der Waals surface area contributed by atoms with Gasteiger partial charge in [-0.2, -0.15) is 0 Å². The molecule has 0 radical (unpaired) electrons. The van der Waals surface area contributed by atoms with Gasteiger partial charge >= 0.3 is 0 Å². The fraction of sp³-hybridized carbons (Fsp3) is 0.318. The number of benzene rings is 1. The largest absolute Gasteiger partial charge is 0.496 e. The average Bonchev–Trinajstić information content (AvgIpc) is 3.17. The fourth-order valence-electron chi connectivity index (χ4n) is 3.70. The van der Waals surface area contributed by atoms with Crippen LogP contribution in [0.5, 0.6) is 5.75 Å². The standard InChI is InChI=1S/C22H24N4O3/c1-29-18-11-4-3-9-16(18)15-23-21(27)19-17-10-5-8-14-26(17)20(24-19)22(28)25-12-6-2-7-13-25/h3-5,8-11,14H,2,6-7,12-13,15H2,1H3,(H,23,27). The number of methoxy groups -OCH3 is 1. The zero-order valence-corrected chi connectivity index (χ0v) is 16.4. The monoisotopic (exact) mass is 392 g/mol. The minimum Gasteiger partial charge on any atom is -0.496 e. The van der Waals surface area contributed by atoms with Crippen LogP contribution in [0.3, 0.4) is 0 Å². The van der Waals surface area contributed by atoms with Crippen molar-refractivity contribution in [3.63, 3.8) is 0 Å². The summed E-state index contributed by atoms with van der Waals surface area (Å²) in [5.41, 5.74) is 1.74. The van der Waals surface area contributed by atoms with Crippen molar-refractivity contribution in [2.75, 3.05) is 20.2 Å². The van der Waals surface area contributed by atoms with E-state index in [2.05, 4.69) is 10.3 Å². The average molecular weight is 392 g/mol. The molecule has 0 unspecified atom stereocenters. The minimum atomic E-state index is -0.322. The molecule has 29 heavy (non-hydrogen) atoms. The lowest BCUT2D eigenvalue weighted by Crippen LogP contribution is -2.36. The molecule has 7 nitrogen and oxygen atoms in total. The number of hydrogen-bond acceptors (Lipinski definition) is 4. The van der Waals surface area contributed by atoms with Gasteiger partial charge < -0.3 is 15.0 Å². The first-order valence-electron chi connectivity index (χ1n) is 9.85. The smallest absolute Gasteiger partial charge is 0.290 e. The number of para-hydroxylation sites is 1. The van der Waals surface area contributed by atoms with Gasteiger partial charge in [0.2, 0.25) is 5.82 Å². The van der Waals surface area contributed by atoms with Crippen LogP contribution in [0.25, 0.3) is 5.52 Å². The maximum Gasteiger partial charge on any atom is 0.290 e. The molecule has 4 rings (SSSR count). The second-order valence-electron chi connectivity index (χ2n) is 7.09. The van der Waals surface area contributed by atoms with Crippen LogP contribution in [-0.4, -0.2) is 46.3 Å². The number of rotatable bonds is 5. The molecule has 0 aliphatic carbocycles. The van der Waals surface area contributed by atoms with Crippen LogP contribution in [0.2, 0.25) is 0 Å². The Hall–Kier alpha value is -3.35. The van der Waals surface area contributed by atoms with Crippen molar-refractivity contribution >= 4 is 17.3 Å². The SMILES string of the molecule is COc1ccccc1CNC(=O)c1nc(C(=O)N2CCCCC2)n2ccccc12. The molecule has 0 atom stereocenters. The molecule has 0 bridgehead atoms. The van der Waals surface area contributed by atoms with Gasteiger partial charge in [-0.3, -0.25) is 14.0 Å². The summed E-state index contributed by atoms with van der Waals surface area (Å²) in [6, 6.07) is 13.0. The second kappa shape index (κ2) is 8.34. The van der Waals surface area contributed by atoms with Crippen molar-refractivity contribution in [2.45, 2.75) is 25.8 Å². The van der Waals surface area contributed by atoms with Crippen molar-refractivity contribution in [3.05, 3.63) is 65.7 Å². The number of carbonyl (C=O) groups excluding carboxylic acids is 2. The molecule has 3 aromatic rings. The van der Waals surface area contributed by atoms with E-state index in [0.717, 1.165) is 37.9 Å². The molecular formula is C22H24N4O3. The molecular weight excluding hydrogens is 368 g/mol. The molecule has 1 N–H and O–H groups in total. The van der Waals surface area contributed by atoms with E-state index in [0.29, 0.717) is 17.8 Å². The lowest BCUT2D eigenvalue weighted by Gasteiger charge is -2.25. The molecule has 7 heteroatoms. The third-order valence-electron chi connectivity index (χ3n) is 5.23. The normalized spacial score (nSPS) is 14.0. The molecule has 1 aromatic carbocycles. The van der Waals surface area contributed by atoms with E-state index in [4.69, 9.17) is 4.74 Å². The number of pyridine rings is 1. The number of imidazole rings is 1. The molecule has 2 amide bonds. The van der Waals surface area contributed by atoms with E-state index in [9.17, 15) is 9.59 Å². The van der Waals surface area contributed by atoms with Crippen LogP contribution in [0.1, 0.15) is 45.9 Å². The lowest BCUT2D eigenvalue weighted by molar-refractivity contribution is 0.0711. The summed E-state index contributed by atoms with van der Waals surface area (Å²) in [6.45, 7) is 1.77. The summed E-state index contributed by atoms with van der Waals surface area (Å²) < 4.78 is 7.04. The molecule has 1 saturated heterocycles. The number of amides is 2. The first-order valence-corrected chi connectivity index (χ1v) is 9.85. The summed E-state index contributed by atoms with van der Waals surface area (Å²) in [5, 5.41) is 2.89. The highest BCUT2D eigenvalue weighted by molar-refractivity contribution is 6.02. The Morgan fingerprint density at radius 3 is 2.62 bits per heavy atom. The third-order valence-corrected chi connectivity index (χ3v) is 5.23. The van der Waals surface area contributed by atoms with Gasteiger partial charge in [-0.1, -0.05) is 24.3 Å². The highest BCUT2D eigenvalue weighted by Gasteiger charge is 2.26. The van der Waals surface area contributed by atoms with Gasteiger partial charge in [-0.25, -0.2) is 4.98 Å². The second-order valence-corrected chi connectivity index (χ2v) is 7.09. The Labute approximate surface area is 169 Å². The van der Waals surface area contributed by atoms with E-state index in [1.165, 1.54) is 0 Å². The number of fused-ring (bicyclic) bond motifs is 1. The summed E-state index contributed by atoms with van der Waals surface area (Å²) in [6.07, 6.45) is 4.92. The summed E-state index contributed by atoms with van der Waals surface area (Å²) in [7, 11) is 1.60. The van der Waals surface area contributed by atoms with Gasteiger partial charge in [0.05, 0.1) is 12.6 Å². The van der Waals surface area contributed by atoms with E-state index in [-0.39, 0.29) is 23.3 Å². The van der Waals surface area contributed by atoms with E-state index in [1.54, 1.807) is 23.8 Å². The first kappa shape index (κ1) is 19.0. The van der Waals surface area contributed by atoms with Crippen LogP contribution >= 0.6 is 0 Å². The van der Waals surface area contributed by atoms with Crippen LogP contribution < -0.4 is 10.1 Å². The Morgan fingerprint density at radius 1 is 1.07 bits per heavy atom. The summed E-state index contributed by atoms with van der Waals surface area (Å²) in [4.78, 5) is 32.2. The predicted molar refractivity (Wildman–Crippen MR) is 109 cm³/mol. The number of piperidine rings is 1. The predicted octanol–water partition coefficient (Wildman–Crippen LogP) is 2.90. The molecule has 1 fully saturated rings. The Balaban J connectivity index is 1.60. The van der Waals surface area contributed by atoms with Gasteiger partial charge in [-0.05, 0) is 37.5 Å². The third kappa shape index (κ3) is 3.81. The Bertz CT molecular complexity index is 1040. The molecule has 3 heterocycles. The first-order chi connectivity index (χ1) is 14.2. The van der Waals surface area contributed by atoms with Gasteiger partial charge in [0.1, 0.15) is 5.75 Å². The maximum absolute atomic E-state index is 13.0. The quantitative estimate of drug-likeness (QED) is 0.724. The van der Waals surface area contributed by atoms with Crippen LogP contribution in [-0.2, 0) is 6.54 Å². The minimum absolute atomic E-state index is 0.130. The van der Waals surface area contributed by atoms with Gasteiger partial charge in [0, 0.05) is 31.4 Å². The fourth-order valence-corrected chi connectivity index (χ4v) is 3.70. The number of nitrogens with one attached hydrogen (secondary N) is 1. The number of aromatic nitrogens is 2. The molecule has 0 saturated carbocycles. The van der Waals surface area contributed by atoms with Gasteiger partial charge in [0.25, 0.3) is 11.8 Å². The molecule has 1 aliphatic rings. The van der Waals surface area contributed by atoms with Crippen LogP contribution in [0, 0.1) is 0 Å². The van der Waals surface area contributed by atoms with Crippen molar-refractivity contribution in [2.24, 2.45) is 0 Å². The van der Waals surface area contributed by atoms with Crippen molar-refractivity contribution in [1.82, 2.24) is 19.6 Å². The van der Waals surface area contributed by atoms with Crippen molar-refractivity contribution in [1.29, 1.82) is 0 Å². The number of nitrogens with zero attached hydrogens (tertiary/aromatic N) is 3. The zero-order chi connectivity index (χ0) is 20.2. The highest BCUT2D eigenvalue weighted by atomic mass is 16.5. The zero-order valence-electron chi connectivity index (χ0n) is 16.4. The van der Waals surface area contributed by atoms with Gasteiger partial charge in [-0.15, -0.1) is 0 Å². The summed E-state index contributed by atoms with van der Waals surface area (Å²) in [5.74, 6) is 0.542. The molecule has 2 aromatic heterocycles. The maximum atomic E-state index is 13.0. The molecule has 150 valence electrons. The number of likely N-dealkylation sites (tertiary alicyclic amines) is 1. The molecule has 1 aliphatic heterocycles. The Kier molecular flexibility index (Phi) is 5.46. The Morgan fingerprint density at radius 2 is 1.83 bits per heavy atom. The number of carbonyl (C=O) groups is 2. The number of hydrogen-bond donors (Lipinski definition) is 1.